The molecule has 1 saturated heterocycles. The summed E-state index contributed by atoms with van der Waals surface area (Å²) in [5, 5.41) is 12.7. The first-order valence-corrected chi connectivity index (χ1v) is 6.62. The Morgan fingerprint density at radius 3 is 2.77 bits per heavy atom. The van der Waals surface area contributed by atoms with Gasteiger partial charge in [-0.05, 0) is 24.3 Å². The van der Waals surface area contributed by atoms with Crippen molar-refractivity contribution < 1.29 is 23.6 Å². The number of halogens is 1. The van der Waals surface area contributed by atoms with E-state index in [0.29, 0.717) is 5.56 Å². The van der Waals surface area contributed by atoms with Crippen LogP contribution in [-0.4, -0.2) is 38.6 Å². The van der Waals surface area contributed by atoms with Gasteiger partial charge < -0.3 is 14.5 Å². The van der Waals surface area contributed by atoms with E-state index in [-0.39, 0.29) is 42.9 Å². The molecule has 1 aliphatic rings. The van der Waals surface area contributed by atoms with E-state index in [0.717, 1.165) is 0 Å². The number of carbonyl (C=O) groups excluding carboxylic acids is 1. The highest BCUT2D eigenvalue weighted by atomic mass is 19.1. The summed E-state index contributed by atoms with van der Waals surface area (Å²) in [6.07, 6.45) is -0.0196. The lowest BCUT2D eigenvalue weighted by atomic mass is 10.1. The predicted molar refractivity (Wildman–Crippen MR) is 70.9 cm³/mol. The highest BCUT2D eigenvalue weighted by Gasteiger charge is 2.35. The summed E-state index contributed by atoms with van der Waals surface area (Å²) in [5.74, 6) is -1.82. The fraction of sp³-hybridized carbons (Fsp3) is 0.286. The summed E-state index contributed by atoms with van der Waals surface area (Å²) < 4.78 is 17.9. The Kier molecular flexibility index (Phi) is 3.58. The van der Waals surface area contributed by atoms with Crippen LogP contribution in [0.25, 0.3) is 11.4 Å². The third-order valence-corrected chi connectivity index (χ3v) is 3.46. The summed E-state index contributed by atoms with van der Waals surface area (Å²) in [7, 11) is 0. The van der Waals surface area contributed by atoms with Crippen molar-refractivity contribution in [3.8, 4) is 11.4 Å². The second-order valence-electron chi connectivity index (χ2n) is 5.03. The van der Waals surface area contributed by atoms with Crippen molar-refractivity contribution >= 4 is 11.9 Å². The Hall–Kier alpha value is -2.77. The lowest BCUT2D eigenvalue weighted by molar-refractivity contribution is -0.141. The Balaban J connectivity index is 1.71. The molecule has 1 amide bonds. The largest absolute Gasteiger partial charge is 0.481 e. The van der Waals surface area contributed by atoms with Crippen molar-refractivity contribution in [2.75, 3.05) is 6.54 Å². The van der Waals surface area contributed by atoms with Crippen molar-refractivity contribution in [1.82, 2.24) is 15.0 Å². The number of benzene rings is 1. The first-order valence-electron chi connectivity index (χ1n) is 6.62. The van der Waals surface area contributed by atoms with Crippen LogP contribution >= 0.6 is 0 Å². The van der Waals surface area contributed by atoms with E-state index in [1.807, 2.05) is 0 Å². The van der Waals surface area contributed by atoms with E-state index in [2.05, 4.69) is 10.1 Å². The number of hydrogen-bond acceptors (Lipinski definition) is 5. The number of carbonyl (C=O) groups is 2. The van der Waals surface area contributed by atoms with Crippen LogP contribution in [0.5, 0.6) is 0 Å². The van der Waals surface area contributed by atoms with Crippen LogP contribution in [0.1, 0.15) is 12.3 Å². The van der Waals surface area contributed by atoms with Crippen LogP contribution in [0.3, 0.4) is 0 Å². The van der Waals surface area contributed by atoms with Crippen LogP contribution in [0.2, 0.25) is 0 Å². The van der Waals surface area contributed by atoms with Crippen LogP contribution in [0, 0.1) is 11.7 Å². The molecule has 0 spiro atoms. The molecule has 3 rings (SSSR count). The van der Waals surface area contributed by atoms with E-state index < -0.39 is 11.9 Å². The number of carboxylic acid groups (broad SMARTS) is 1. The van der Waals surface area contributed by atoms with Gasteiger partial charge in [0, 0.05) is 18.5 Å². The molecule has 0 unspecified atom stereocenters. The molecule has 1 N–H and O–H groups in total. The minimum atomic E-state index is -0.992. The van der Waals surface area contributed by atoms with Crippen molar-refractivity contribution in [2.24, 2.45) is 5.92 Å². The molecule has 7 nitrogen and oxygen atoms in total. The van der Waals surface area contributed by atoms with Crippen LogP contribution in [-0.2, 0) is 16.1 Å². The van der Waals surface area contributed by atoms with Gasteiger partial charge in [-0.15, -0.1) is 0 Å². The molecule has 1 aromatic heterocycles. The SMILES string of the molecule is O=C(O)[C@@H]1CC(=O)N(Cc2nc(-c3ccc(F)cc3)no2)C1. The van der Waals surface area contributed by atoms with Gasteiger partial charge in [0.1, 0.15) is 12.4 Å². The number of aliphatic carboxylic acids is 1. The fourth-order valence-corrected chi connectivity index (χ4v) is 2.29. The summed E-state index contributed by atoms with van der Waals surface area (Å²) >= 11 is 0. The highest BCUT2D eigenvalue weighted by molar-refractivity contribution is 5.85. The smallest absolute Gasteiger partial charge is 0.308 e. The normalized spacial score (nSPS) is 18.0. The van der Waals surface area contributed by atoms with E-state index in [9.17, 15) is 14.0 Å². The number of carboxylic acids is 1. The van der Waals surface area contributed by atoms with Crippen molar-refractivity contribution in [2.45, 2.75) is 13.0 Å². The van der Waals surface area contributed by atoms with Gasteiger partial charge in [0.05, 0.1) is 5.92 Å². The van der Waals surface area contributed by atoms with Gasteiger partial charge in [-0.2, -0.15) is 4.98 Å². The average Bonchev–Trinajstić information content (AvgIpc) is 3.08. The number of hydrogen-bond donors (Lipinski definition) is 1. The topological polar surface area (TPSA) is 96.5 Å². The number of amides is 1. The van der Waals surface area contributed by atoms with Gasteiger partial charge in [0.15, 0.2) is 0 Å². The first kappa shape index (κ1) is 14.2. The summed E-state index contributed by atoms with van der Waals surface area (Å²) in [6.45, 7) is 0.194. The molecule has 1 atom stereocenters. The minimum Gasteiger partial charge on any atom is -0.481 e. The molecule has 0 radical (unpaired) electrons. The van der Waals surface area contributed by atoms with E-state index in [1.54, 1.807) is 0 Å². The molecule has 1 aliphatic heterocycles. The van der Waals surface area contributed by atoms with Gasteiger partial charge in [0.25, 0.3) is 0 Å². The number of likely N-dealkylation sites (tertiary alicyclic amines) is 1. The molecule has 2 aromatic rings. The molecule has 1 aromatic carbocycles. The van der Waals surface area contributed by atoms with Crippen LogP contribution < -0.4 is 0 Å². The highest BCUT2D eigenvalue weighted by Crippen LogP contribution is 2.21. The molecule has 114 valence electrons. The molecule has 8 heteroatoms. The molecule has 1 fully saturated rings. The quantitative estimate of drug-likeness (QED) is 0.914. The zero-order valence-electron chi connectivity index (χ0n) is 11.4. The lowest BCUT2D eigenvalue weighted by Crippen LogP contribution is -2.25. The molecule has 0 bridgehead atoms. The Morgan fingerprint density at radius 1 is 1.41 bits per heavy atom. The summed E-state index contributed by atoms with van der Waals surface area (Å²) in [4.78, 5) is 28.2. The second-order valence-corrected chi connectivity index (χ2v) is 5.03. The maximum Gasteiger partial charge on any atom is 0.308 e. The second kappa shape index (κ2) is 5.55. The van der Waals surface area contributed by atoms with E-state index >= 15 is 0 Å². The molecule has 0 aliphatic carbocycles. The predicted octanol–water partition coefficient (Wildman–Crippen LogP) is 1.31. The van der Waals surface area contributed by atoms with Gasteiger partial charge in [0.2, 0.25) is 17.6 Å². The van der Waals surface area contributed by atoms with Gasteiger partial charge in [-0.1, -0.05) is 5.16 Å². The van der Waals surface area contributed by atoms with Gasteiger partial charge in [-0.3, -0.25) is 9.59 Å². The lowest BCUT2D eigenvalue weighted by Gasteiger charge is -2.12. The maximum absolute atomic E-state index is 12.9. The van der Waals surface area contributed by atoms with Crippen molar-refractivity contribution in [1.29, 1.82) is 0 Å². The Bertz CT molecular complexity index is 713. The van der Waals surface area contributed by atoms with E-state index in [4.69, 9.17) is 9.63 Å². The van der Waals surface area contributed by atoms with Crippen molar-refractivity contribution in [3.63, 3.8) is 0 Å². The number of nitrogens with zero attached hydrogens (tertiary/aromatic N) is 3. The third-order valence-electron chi connectivity index (χ3n) is 3.46. The average molecular weight is 305 g/mol. The molecule has 22 heavy (non-hydrogen) atoms. The zero-order valence-corrected chi connectivity index (χ0v) is 11.4. The van der Waals surface area contributed by atoms with E-state index in [1.165, 1.54) is 29.2 Å². The van der Waals surface area contributed by atoms with Crippen molar-refractivity contribution in [3.05, 3.63) is 36.0 Å². The standard InChI is InChI=1S/C14H12FN3O4/c15-10-3-1-8(2-4-10)13-16-11(22-17-13)7-18-6-9(14(20)21)5-12(18)19/h1-4,9H,5-7H2,(H,20,21)/t9-/m1/s1. The number of rotatable bonds is 4. The Morgan fingerprint density at radius 2 is 2.14 bits per heavy atom. The molecular formula is C14H12FN3O4. The molecule has 0 saturated carbocycles. The monoisotopic (exact) mass is 305 g/mol. The summed E-state index contributed by atoms with van der Waals surface area (Å²) in [6, 6.07) is 5.61. The minimum absolute atomic E-state index is 0.0196. The molecular weight excluding hydrogens is 293 g/mol. The number of aromatic nitrogens is 2. The first-order chi connectivity index (χ1) is 10.5. The fourth-order valence-electron chi connectivity index (χ4n) is 2.29. The van der Waals surface area contributed by atoms with Gasteiger partial charge >= 0.3 is 5.97 Å². The Labute approximate surface area is 124 Å². The third kappa shape index (κ3) is 2.80. The zero-order chi connectivity index (χ0) is 15.7. The molecule has 2 heterocycles. The van der Waals surface area contributed by atoms with Crippen LogP contribution in [0.4, 0.5) is 4.39 Å². The van der Waals surface area contributed by atoms with Crippen LogP contribution in [0.15, 0.2) is 28.8 Å². The summed E-state index contributed by atoms with van der Waals surface area (Å²) in [5.41, 5.74) is 0.590. The van der Waals surface area contributed by atoms with Gasteiger partial charge in [-0.25, -0.2) is 4.39 Å². The maximum atomic E-state index is 12.9.